The van der Waals surface area contributed by atoms with Crippen LogP contribution in [-0.4, -0.2) is 42.7 Å². The molecular weight excluding hydrogens is 514 g/mol. The van der Waals surface area contributed by atoms with Crippen molar-refractivity contribution in [3.05, 3.63) is 94.7 Å². The summed E-state index contributed by atoms with van der Waals surface area (Å²) in [6.45, 7) is 2.02. The zero-order chi connectivity index (χ0) is 27.9. The van der Waals surface area contributed by atoms with Crippen LogP contribution in [0.25, 0.3) is 6.08 Å². The van der Waals surface area contributed by atoms with E-state index < -0.39 is 5.97 Å². The molecule has 8 nitrogen and oxygen atoms in total. The Morgan fingerprint density at radius 2 is 1.79 bits per heavy atom. The van der Waals surface area contributed by atoms with Crippen molar-refractivity contribution in [2.45, 2.75) is 20.0 Å². The van der Waals surface area contributed by atoms with E-state index >= 15 is 0 Å². The van der Waals surface area contributed by atoms with Gasteiger partial charge in [-0.15, -0.1) is 0 Å². The monoisotopic (exact) mass is 541 g/mol. The highest BCUT2D eigenvalue weighted by Crippen LogP contribution is 2.33. The molecule has 1 fully saturated rings. The van der Waals surface area contributed by atoms with E-state index in [1.54, 1.807) is 36.4 Å². The number of carbonyl (C=O) groups is 2. The highest BCUT2D eigenvalue weighted by Gasteiger charge is 2.40. The van der Waals surface area contributed by atoms with Crippen LogP contribution in [0.2, 0.25) is 0 Å². The molecule has 0 N–H and O–H groups in total. The van der Waals surface area contributed by atoms with Gasteiger partial charge in [0.1, 0.15) is 18.8 Å². The fourth-order valence-electron chi connectivity index (χ4n) is 4.10. The Bertz CT molecular complexity index is 1480. The molecule has 0 aromatic heterocycles. The van der Waals surface area contributed by atoms with Gasteiger partial charge >= 0.3 is 5.97 Å². The van der Waals surface area contributed by atoms with Crippen LogP contribution in [0.1, 0.15) is 29.2 Å². The first-order valence-corrected chi connectivity index (χ1v) is 12.6. The highest BCUT2D eigenvalue weighted by molar-refractivity contribution is 7.80. The van der Waals surface area contributed by atoms with Gasteiger partial charge in [0.2, 0.25) is 0 Å². The van der Waals surface area contributed by atoms with Crippen molar-refractivity contribution in [1.29, 1.82) is 5.26 Å². The van der Waals surface area contributed by atoms with Crippen LogP contribution in [0.5, 0.6) is 11.5 Å². The van der Waals surface area contributed by atoms with Gasteiger partial charge in [-0.3, -0.25) is 14.5 Å². The molecule has 4 rings (SSSR count). The van der Waals surface area contributed by atoms with Crippen molar-refractivity contribution in [3.8, 4) is 17.6 Å². The molecule has 0 atom stereocenters. The first kappa shape index (κ1) is 27.4. The van der Waals surface area contributed by atoms with Crippen molar-refractivity contribution < 1.29 is 23.8 Å². The molecule has 0 unspecified atom stereocenters. The van der Waals surface area contributed by atoms with Crippen LogP contribution in [0.15, 0.2) is 72.4 Å². The average molecular weight is 542 g/mol. The molecule has 3 aromatic rings. The molecule has 0 radical (unpaired) electrons. The minimum absolute atomic E-state index is 0.184. The van der Waals surface area contributed by atoms with Crippen LogP contribution in [0.3, 0.4) is 0 Å². The first-order chi connectivity index (χ1) is 18.9. The number of rotatable bonds is 9. The Labute approximate surface area is 232 Å². The number of methoxy groups -OCH3 is 2. The van der Waals surface area contributed by atoms with Gasteiger partial charge in [-0.1, -0.05) is 43.3 Å². The van der Waals surface area contributed by atoms with E-state index in [-0.39, 0.29) is 29.9 Å². The van der Waals surface area contributed by atoms with E-state index in [2.05, 4.69) is 13.0 Å². The number of aryl methyl sites for hydroxylation is 1. The number of nitrogens with zero attached hydrogens (tertiary/aromatic N) is 3. The molecule has 1 aliphatic rings. The van der Waals surface area contributed by atoms with Gasteiger partial charge in [0.15, 0.2) is 16.6 Å². The molecule has 9 heteroatoms. The Kier molecular flexibility index (Phi) is 8.59. The Hall–Kier alpha value is -4.68. The second kappa shape index (κ2) is 12.2. The maximum Gasteiger partial charge on any atom is 0.325 e. The van der Waals surface area contributed by atoms with Crippen LogP contribution < -0.4 is 14.4 Å². The second-order valence-corrected chi connectivity index (χ2v) is 8.97. The fraction of sp³-hybridized carbons (Fsp3) is 0.200. The lowest BCUT2D eigenvalue weighted by Crippen LogP contribution is -2.35. The van der Waals surface area contributed by atoms with E-state index in [9.17, 15) is 14.9 Å². The molecule has 1 saturated heterocycles. The number of benzene rings is 3. The summed E-state index contributed by atoms with van der Waals surface area (Å²) in [5, 5.41) is 9.51. The quantitative estimate of drug-likeness (QED) is 0.216. The van der Waals surface area contributed by atoms with Crippen LogP contribution in [0, 0.1) is 11.3 Å². The van der Waals surface area contributed by atoms with Gasteiger partial charge < -0.3 is 19.1 Å². The summed E-state index contributed by atoms with van der Waals surface area (Å²) in [6, 6.07) is 22.1. The third-order valence-corrected chi connectivity index (χ3v) is 6.67. The summed E-state index contributed by atoms with van der Waals surface area (Å²) in [6.07, 6.45) is 2.51. The second-order valence-electron chi connectivity index (χ2n) is 8.60. The Morgan fingerprint density at radius 1 is 1.05 bits per heavy atom. The molecule has 198 valence electrons. The molecule has 0 saturated carbocycles. The summed E-state index contributed by atoms with van der Waals surface area (Å²) in [5.41, 5.74) is 3.89. The number of amides is 1. The SMILES string of the molecule is CCc1ccc(N2C(=O)/C(=C/c3ccc(OCc4ccccc4C#N)c(OC)c3)N(CC(=O)OC)C2=S)cc1. The Morgan fingerprint density at radius 3 is 2.46 bits per heavy atom. The zero-order valence-electron chi connectivity index (χ0n) is 21.8. The number of carbonyl (C=O) groups excluding carboxylic acids is 2. The van der Waals surface area contributed by atoms with Gasteiger partial charge in [0.05, 0.1) is 31.5 Å². The normalized spacial score (nSPS) is 13.9. The summed E-state index contributed by atoms with van der Waals surface area (Å²) < 4.78 is 16.3. The number of anilines is 1. The van der Waals surface area contributed by atoms with E-state index in [4.69, 9.17) is 26.4 Å². The van der Waals surface area contributed by atoms with Crippen LogP contribution >= 0.6 is 12.2 Å². The molecule has 3 aromatic carbocycles. The molecule has 1 heterocycles. The lowest BCUT2D eigenvalue weighted by atomic mass is 10.1. The van der Waals surface area contributed by atoms with Crippen molar-refractivity contribution in [3.63, 3.8) is 0 Å². The Balaban J connectivity index is 1.65. The molecule has 0 bridgehead atoms. The molecule has 1 aliphatic heterocycles. The zero-order valence-corrected chi connectivity index (χ0v) is 22.7. The minimum atomic E-state index is -0.529. The van der Waals surface area contributed by atoms with Crippen LogP contribution in [-0.2, 0) is 27.4 Å². The summed E-state index contributed by atoms with van der Waals surface area (Å²) in [5.74, 6) is 0.0295. The number of thiocarbonyl (C=S) groups is 1. The molecule has 39 heavy (non-hydrogen) atoms. The maximum atomic E-state index is 13.6. The molecular formula is C30H27N3O5S. The van der Waals surface area contributed by atoms with Crippen molar-refractivity contribution in [1.82, 2.24) is 4.90 Å². The van der Waals surface area contributed by atoms with Crippen molar-refractivity contribution >= 4 is 41.0 Å². The number of nitriles is 1. The molecule has 0 aliphatic carbocycles. The van der Waals surface area contributed by atoms with Crippen molar-refractivity contribution in [2.24, 2.45) is 0 Å². The number of esters is 1. The van der Waals surface area contributed by atoms with Gasteiger partial charge in [-0.05, 0) is 66.2 Å². The summed E-state index contributed by atoms with van der Waals surface area (Å²) in [4.78, 5) is 28.7. The van der Waals surface area contributed by atoms with Gasteiger partial charge in [0, 0.05) is 5.56 Å². The largest absolute Gasteiger partial charge is 0.493 e. The predicted molar refractivity (Wildman–Crippen MR) is 151 cm³/mol. The van der Waals surface area contributed by atoms with Crippen LogP contribution in [0.4, 0.5) is 5.69 Å². The van der Waals surface area contributed by atoms with Crippen molar-refractivity contribution in [2.75, 3.05) is 25.7 Å². The van der Waals surface area contributed by atoms with E-state index in [0.29, 0.717) is 28.3 Å². The minimum Gasteiger partial charge on any atom is -0.493 e. The van der Waals surface area contributed by atoms with Gasteiger partial charge in [-0.2, -0.15) is 5.26 Å². The smallest absolute Gasteiger partial charge is 0.325 e. The fourth-order valence-corrected chi connectivity index (χ4v) is 4.45. The molecule has 0 spiro atoms. The van der Waals surface area contributed by atoms with Gasteiger partial charge in [-0.25, -0.2) is 0 Å². The van der Waals surface area contributed by atoms with Gasteiger partial charge in [0.25, 0.3) is 5.91 Å². The summed E-state index contributed by atoms with van der Waals surface area (Å²) in [7, 11) is 2.80. The average Bonchev–Trinajstić information content (AvgIpc) is 3.20. The lowest BCUT2D eigenvalue weighted by Gasteiger charge is -2.19. The maximum absolute atomic E-state index is 13.6. The summed E-state index contributed by atoms with van der Waals surface area (Å²) >= 11 is 5.63. The number of ether oxygens (including phenoxy) is 3. The number of hydrogen-bond donors (Lipinski definition) is 0. The number of hydrogen-bond acceptors (Lipinski definition) is 7. The highest BCUT2D eigenvalue weighted by atomic mass is 32.1. The standard InChI is InChI=1S/C30H27N3O5S/c1-4-20-9-12-24(13-10-20)33-29(35)25(32(30(33)39)18-28(34)37-3)15-21-11-14-26(27(16-21)36-2)38-19-23-8-6-5-7-22(23)17-31/h5-16H,4,18-19H2,1-3H3/b25-15-. The van der Waals surface area contributed by atoms with E-state index in [0.717, 1.165) is 17.5 Å². The third-order valence-electron chi connectivity index (χ3n) is 6.26. The third kappa shape index (κ3) is 5.92. The lowest BCUT2D eigenvalue weighted by molar-refractivity contribution is -0.140. The molecule has 1 amide bonds. The topological polar surface area (TPSA) is 92.1 Å². The van der Waals surface area contributed by atoms with E-state index in [1.165, 1.54) is 24.0 Å². The predicted octanol–water partition coefficient (Wildman–Crippen LogP) is 4.86. The van der Waals surface area contributed by atoms with E-state index in [1.807, 2.05) is 36.4 Å². The first-order valence-electron chi connectivity index (χ1n) is 12.2.